The number of carbonyl (C=O) groups excluding carboxylic acids is 1. The predicted molar refractivity (Wildman–Crippen MR) is 93.2 cm³/mol. The summed E-state index contributed by atoms with van der Waals surface area (Å²) < 4.78 is 24.2. The highest BCUT2D eigenvalue weighted by molar-refractivity contribution is 5.94. The van der Waals surface area contributed by atoms with Gasteiger partial charge in [0.2, 0.25) is 0 Å². The molecule has 0 radical (unpaired) electrons. The fourth-order valence-corrected chi connectivity index (χ4v) is 2.78. The molecule has 0 saturated carbocycles. The molecule has 3 rings (SSSR count). The van der Waals surface area contributed by atoms with E-state index in [1.54, 1.807) is 36.4 Å². The molecule has 2 aromatic carbocycles. The van der Waals surface area contributed by atoms with Gasteiger partial charge in [0, 0.05) is 12.2 Å². The zero-order chi connectivity index (χ0) is 17.6. The van der Waals surface area contributed by atoms with Crippen LogP contribution in [0.2, 0.25) is 0 Å². The highest BCUT2D eigenvalue weighted by Gasteiger charge is 2.16. The maximum Gasteiger partial charge on any atom is 0.251 e. The maximum absolute atomic E-state index is 13.0. The molecule has 2 unspecified atom stereocenters. The Morgan fingerprint density at radius 2 is 1.96 bits per heavy atom. The van der Waals surface area contributed by atoms with Crippen molar-refractivity contribution in [3.05, 3.63) is 65.5 Å². The first kappa shape index (κ1) is 17.4. The van der Waals surface area contributed by atoms with Crippen molar-refractivity contribution < 1.29 is 18.7 Å². The van der Waals surface area contributed by atoms with Gasteiger partial charge in [-0.05, 0) is 61.7 Å². The van der Waals surface area contributed by atoms with Gasteiger partial charge in [-0.25, -0.2) is 4.39 Å². The third-order valence-electron chi connectivity index (χ3n) is 4.29. The van der Waals surface area contributed by atoms with Gasteiger partial charge in [-0.2, -0.15) is 0 Å². The third-order valence-corrected chi connectivity index (χ3v) is 4.29. The van der Waals surface area contributed by atoms with Gasteiger partial charge in [-0.15, -0.1) is 0 Å². The van der Waals surface area contributed by atoms with Crippen molar-refractivity contribution in [2.45, 2.75) is 31.9 Å². The van der Waals surface area contributed by atoms with E-state index in [9.17, 15) is 9.18 Å². The molecule has 4 nitrogen and oxygen atoms in total. The Balaban J connectivity index is 1.53. The summed E-state index contributed by atoms with van der Waals surface area (Å²) in [4.78, 5) is 12.3. The first-order valence-corrected chi connectivity index (χ1v) is 8.52. The maximum atomic E-state index is 13.0. The summed E-state index contributed by atoms with van der Waals surface area (Å²) in [5.74, 6) is 0.252. The molecule has 1 aliphatic heterocycles. The van der Waals surface area contributed by atoms with Crippen LogP contribution in [0.4, 0.5) is 4.39 Å². The van der Waals surface area contributed by atoms with Crippen molar-refractivity contribution in [3.63, 3.8) is 0 Å². The van der Waals surface area contributed by atoms with Crippen LogP contribution in [0.1, 0.15) is 41.7 Å². The molecule has 0 spiro atoms. The van der Waals surface area contributed by atoms with Crippen LogP contribution in [0.5, 0.6) is 5.75 Å². The highest BCUT2D eigenvalue weighted by atomic mass is 19.1. The van der Waals surface area contributed by atoms with E-state index in [2.05, 4.69) is 5.32 Å². The molecular formula is C20H22FNO3. The average molecular weight is 343 g/mol. The van der Waals surface area contributed by atoms with E-state index in [4.69, 9.17) is 9.47 Å². The lowest BCUT2D eigenvalue weighted by Crippen LogP contribution is -2.26. The van der Waals surface area contributed by atoms with Gasteiger partial charge < -0.3 is 14.8 Å². The first-order chi connectivity index (χ1) is 12.1. The van der Waals surface area contributed by atoms with Crippen LogP contribution < -0.4 is 10.1 Å². The molecule has 1 heterocycles. The molecule has 1 saturated heterocycles. The topological polar surface area (TPSA) is 47.6 Å². The number of hydrogen-bond acceptors (Lipinski definition) is 3. The second-order valence-corrected chi connectivity index (χ2v) is 6.22. The SMILES string of the molecule is CC(NC(=O)c1ccc(OCC2CCCO2)cc1)c1ccc(F)cc1. The number of amides is 1. The molecule has 0 aromatic heterocycles. The molecule has 0 bridgehead atoms. The summed E-state index contributed by atoms with van der Waals surface area (Å²) in [6.07, 6.45) is 2.28. The molecule has 2 atom stereocenters. The molecule has 1 amide bonds. The number of rotatable bonds is 6. The smallest absolute Gasteiger partial charge is 0.251 e. The van der Waals surface area contributed by atoms with Gasteiger partial charge in [0.05, 0.1) is 12.1 Å². The summed E-state index contributed by atoms with van der Waals surface area (Å²) in [6, 6.07) is 12.9. The minimum atomic E-state index is -0.291. The zero-order valence-corrected chi connectivity index (χ0v) is 14.2. The summed E-state index contributed by atoms with van der Waals surface area (Å²) in [5.41, 5.74) is 1.41. The van der Waals surface area contributed by atoms with E-state index < -0.39 is 0 Å². The summed E-state index contributed by atoms with van der Waals surface area (Å²) in [6.45, 7) is 3.21. The molecule has 1 N–H and O–H groups in total. The normalized spacial score (nSPS) is 17.9. The average Bonchev–Trinajstić information content (AvgIpc) is 3.14. The van der Waals surface area contributed by atoms with Crippen molar-refractivity contribution in [1.82, 2.24) is 5.32 Å². The van der Waals surface area contributed by atoms with E-state index in [1.165, 1.54) is 12.1 Å². The van der Waals surface area contributed by atoms with Gasteiger partial charge in [0.15, 0.2) is 0 Å². The second-order valence-electron chi connectivity index (χ2n) is 6.22. The number of halogens is 1. The van der Waals surface area contributed by atoms with Crippen LogP contribution in [0.15, 0.2) is 48.5 Å². The van der Waals surface area contributed by atoms with Crippen LogP contribution in [0.25, 0.3) is 0 Å². The lowest BCUT2D eigenvalue weighted by atomic mass is 10.1. The van der Waals surface area contributed by atoms with Crippen LogP contribution in [-0.2, 0) is 4.74 Å². The van der Waals surface area contributed by atoms with E-state index in [0.717, 1.165) is 30.8 Å². The monoisotopic (exact) mass is 343 g/mol. The van der Waals surface area contributed by atoms with Crippen molar-refractivity contribution >= 4 is 5.91 Å². The minimum absolute atomic E-state index is 0.166. The van der Waals surface area contributed by atoms with Gasteiger partial charge >= 0.3 is 0 Å². The lowest BCUT2D eigenvalue weighted by Gasteiger charge is -2.15. The lowest BCUT2D eigenvalue weighted by molar-refractivity contribution is 0.0679. The number of benzene rings is 2. The molecule has 5 heteroatoms. The van der Waals surface area contributed by atoms with Crippen molar-refractivity contribution in [2.75, 3.05) is 13.2 Å². The van der Waals surface area contributed by atoms with Gasteiger partial charge in [0.25, 0.3) is 5.91 Å². The molecule has 0 aliphatic carbocycles. The van der Waals surface area contributed by atoms with Gasteiger partial charge in [0.1, 0.15) is 18.2 Å². The highest BCUT2D eigenvalue weighted by Crippen LogP contribution is 2.18. The fraction of sp³-hybridized carbons (Fsp3) is 0.350. The van der Waals surface area contributed by atoms with Crippen LogP contribution in [0.3, 0.4) is 0 Å². The number of ether oxygens (including phenoxy) is 2. The van der Waals surface area contributed by atoms with Crippen LogP contribution in [-0.4, -0.2) is 25.2 Å². The quantitative estimate of drug-likeness (QED) is 0.866. The predicted octanol–water partition coefficient (Wildman–Crippen LogP) is 3.87. The van der Waals surface area contributed by atoms with Crippen molar-refractivity contribution in [3.8, 4) is 5.75 Å². The largest absolute Gasteiger partial charge is 0.491 e. The summed E-state index contributed by atoms with van der Waals surface area (Å²) in [7, 11) is 0. The molecule has 1 aliphatic rings. The van der Waals surface area contributed by atoms with Gasteiger partial charge in [-0.1, -0.05) is 12.1 Å². The van der Waals surface area contributed by atoms with E-state index in [-0.39, 0.29) is 23.9 Å². The first-order valence-electron chi connectivity index (χ1n) is 8.52. The van der Waals surface area contributed by atoms with E-state index >= 15 is 0 Å². The number of hydrogen-bond donors (Lipinski definition) is 1. The number of nitrogens with one attached hydrogen (secondary N) is 1. The molecule has 25 heavy (non-hydrogen) atoms. The fourth-order valence-electron chi connectivity index (χ4n) is 2.78. The third kappa shape index (κ3) is 4.79. The standard InChI is InChI=1S/C20H22FNO3/c1-14(15-4-8-17(21)9-5-15)22-20(23)16-6-10-18(11-7-16)25-13-19-3-2-12-24-19/h4-11,14,19H,2-3,12-13H2,1H3,(H,22,23). The Labute approximate surface area is 147 Å². The van der Waals surface area contributed by atoms with E-state index in [1.807, 2.05) is 6.92 Å². The summed E-state index contributed by atoms with van der Waals surface area (Å²) >= 11 is 0. The zero-order valence-electron chi connectivity index (χ0n) is 14.2. The Kier molecular flexibility index (Phi) is 5.66. The molecular weight excluding hydrogens is 321 g/mol. The van der Waals surface area contributed by atoms with Crippen LogP contribution in [0, 0.1) is 5.82 Å². The summed E-state index contributed by atoms with van der Waals surface area (Å²) in [5, 5.41) is 2.91. The molecule has 2 aromatic rings. The Hall–Kier alpha value is -2.40. The second kappa shape index (κ2) is 8.12. The van der Waals surface area contributed by atoms with Crippen molar-refractivity contribution in [1.29, 1.82) is 0 Å². The Morgan fingerprint density at radius 1 is 1.24 bits per heavy atom. The Bertz CT molecular complexity index is 694. The van der Waals surface area contributed by atoms with Crippen molar-refractivity contribution in [2.24, 2.45) is 0 Å². The van der Waals surface area contributed by atoms with Crippen LogP contribution >= 0.6 is 0 Å². The van der Waals surface area contributed by atoms with Gasteiger partial charge in [-0.3, -0.25) is 4.79 Å². The number of carbonyl (C=O) groups is 1. The Morgan fingerprint density at radius 3 is 2.60 bits per heavy atom. The van der Waals surface area contributed by atoms with E-state index in [0.29, 0.717) is 12.2 Å². The molecule has 1 fully saturated rings. The minimum Gasteiger partial charge on any atom is -0.491 e. The molecule has 132 valence electrons.